The van der Waals surface area contributed by atoms with Crippen molar-refractivity contribution in [3.8, 4) is 0 Å². The lowest BCUT2D eigenvalue weighted by Gasteiger charge is -2.11. The van der Waals surface area contributed by atoms with Gasteiger partial charge in [-0.1, -0.05) is 12.1 Å². The fourth-order valence-corrected chi connectivity index (χ4v) is 2.50. The van der Waals surface area contributed by atoms with Crippen molar-refractivity contribution in [3.63, 3.8) is 0 Å². The van der Waals surface area contributed by atoms with Gasteiger partial charge in [0, 0.05) is 17.4 Å². The van der Waals surface area contributed by atoms with E-state index in [9.17, 15) is 9.59 Å². The third kappa shape index (κ3) is 4.28. The van der Waals surface area contributed by atoms with Crippen LogP contribution in [0.25, 0.3) is 0 Å². The molecule has 4 nitrogen and oxygen atoms in total. The van der Waals surface area contributed by atoms with E-state index in [1.165, 1.54) is 0 Å². The van der Waals surface area contributed by atoms with Gasteiger partial charge >= 0.3 is 0 Å². The molecule has 1 aromatic rings. The van der Waals surface area contributed by atoms with E-state index in [1.54, 1.807) is 23.9 Å². The number of carbonyl (C=O) groups is 2. The number of thioether (sulfide) groups is 1. The van der Waals surface area contributed by atoms with Gasteiger partial charge in [-0.2, -0.15) is 0 Å². The van der Waals surface area contributed by atoms with Crippen LogP contribution in [0, 0.1) is 0 Å². The summed E-state index contributed by atoms with van der Waals surface area (Å²) in [4.78, 5) is 22.9. The Morgan fingerprint density at radius 2 is 2.21 bits per heavy atom. The number of hydrogen-bond donors (Lipinski definition) is 2. The first-order valence-electron chi connectivity index (χ1n) is 6.37. The van der Waals surface area contributed by atoms with Crippen LogP contribution < -0.4 is 11.1 Å². The standard InChI is InChI=1S/C14H18N2O2S/c1-9(14(18)16-12-5-6-12)19-8-10-3-2-4-11(7-10)13(15)17/h2-4,7,9,12H,5-6,8H2,1H3,(H2,15,17)(H,16,18). The average molecular weight is 278 g/mol. The first-order chi connectivity index (χ1) is 9.06. The zero-order valence-electron chi connectivity index (χ0n) is 10.9. The van der Waals surface area contributed by atoms with Gasteiger partial charge < -0.3 is 11.1 Å². The van der Waals surface area contributed by atoms with Gasteiger partial charge in [0.25, 0.3) is 0 Å². The highest BCUT2D eigenvalue weighted by Gasteiger charge is 2.25. The highest BCUT2D eigenvalue weighted by atomic mass is 32.2. The molecule has 0 aliphatic heterocycles. The topological polar surface area (TPSA) is 72.2 Å². The maximum atomic E-state index is 11.8. The van der Waals surface area contributed by atoms with Crippen LogP contribution in [0.4, 0.5) is 0 Å². The van der Waals surface area contributed by atoms with E-state index in [-0.39, 0.29) is 11.2 Å². The molecule has 3 N–H and O–H groups in total. The Morgan fingerprint density at radius 1 is 1.47 bits per heavy atom. The quantitative estimate of drug-likeness (QED) is 0.831. The van der Waals surface area contributed by atoms with Crippen LogP contribution in [0.3, 0.4) is 0 Å². The third-order valence-corrected chi connectivity index (χ3v) is 4.22. The highest BCUT2D eigenvalue weighted by molar-refractivity contribution is 7.99. The lowest BCUT2D eigenvalue weighted by molar-refractivity contribution is -0.120. The van der Waals surface area contributed by atoms with E-state index in [2.05, 4.69) is 5.32 Å². The Balaban J connectivity index is 1.85. The molecule has 1 aliphatic carbocycles. The molecule has 19 heavy (non-hydrogen) atoms. The summed E-state index contributed by atoms with van der Waals surface area (Å²) in [5, 5.41) is 2.90. The molecule has 102 valence electrons. The number of amides is 2. The molecule has 1 aromatic carbocycles. The number of primary amides is 1. The molecule has 1 aliphatic rings. The van der Waals surface area contributed by atoms with Gasteiger partial charge in [0.15, 0.2) is 0 Å². The van der Waals surface area contributed by atoms with Crippen molar-refractivity contribution in [2.75, 3.05) is 0 Å². The molecule has 1 unspecified atom stereocenters. The zero-order valence-corrected chi connectivity index (χ0v) is 11.7. The van der Waals surface area contributed by atoms with Crippen LogP contribution in [-0.4, -0.2) is 23.1 Å². The molecule has 0 bridgehead atoms. The van der Waals surface area contributed by atoms with Gasteiger partial charge in [-0.15, -0.1) is 11.8 Å². The fraction of sp³-hybridized carbons (Fsp3) is 0.429. The SMILES string of the molecule is CC(SCc1cccc(C(N)=O)c1)C(=O)NC1CC1. The predicted octanol–water partition coefficient (Wildman–Crippen LogP) is 1.69. The van der Waals surface area contributed by atoms with Crippen molar-refractivity contribution in [1.82, 2.24) is 5.32 Å². The normalized spacial score (nSPS) is 15.8. The molecule has 0 heterocycles. The smallest absolute Gasteiger partial charge is 0.248 e. The average Bonchev–Trinajstić information content (AvgIpc) is 3.20. The van der Waals surface area contributed by atoms with Crippen LogP contribution in [-0.2, 0) is 10.5 Å². The molecule has 1 atom stereocenters. The molecule has 0 spiro atoms. The summed E-state index contributed by atoms with van der Waals surface area (Å²) >= 11 is 1.56. The molecular weight excluding hydrogens is 260 g/mol. The van der Waals surface area contributed by atoms with Gasteiger partial charge in [-0.05, 0) is 37.5 Å². The second-order valence-electron chi connectivity index (χ2n) is 4.80. The monoisotopic (exact) mass is 278 g/mol. The minimum Gasteiger partial charge on any atom is -0.366 e. The fourth-order valence-electron chi connectivity index (χ4n) is 1.66. The molecule has 2 amide bonds. The van der Waals surface area contributed by atoms with Crippen molar-refractivity contribution in [2.45, 2.75) is 36.8 Å². The molecule has 0 saturated heterocycles. The molecule has 0 radical (unpaired) electrons. The summed E-state index contributed by atoms with van der Waals surface area (Å²) in [7, 11) is 0. The molecule has 5 heteroatoms. The number of nitrogens with one attached hydrogen (secondary N) is 1. The van der Waals surface area contributed by atoms with E-state index < -0.39 is 5.91 Å². The summed E-state index contributed by atoms with van der Waals surface area (Å²) in [6.07, 6.45) is 2.20. The van der Waals surface area contributed by atoms with Crippen LogP contribution >= 0.6 is 11.8 Å². The Kier molecular flexibility index (Phi) is 4.47. The van der Waals surface area contributed by atoms with Gasteiger partial charge in [0.1, 0.15) is 0 Å². The van der Waals surface area contributed by atoms with Crippen molar-refractivity contribution in [2.24, 2.45) is 5.73 Å². The van der Waals surface area contributed by atoms with Gasteiger partial charge in [0.2, 0.25) is 11.8 Å². The van der Waals surface area contributed by atoms with E-state index in [0.29, 0.717) is 17.4 Å². The molecule has 1 saturated carbocycles. The Hall–Kier alpha value is -1.49. The second-order valence-corrected chi connectivity index (χ2v) is 6.13. The van der Waals surface area contributed by atoms with E-state index >= 15 is 0 Å². The van der Waals surface area contributed by atoms with Crippen molar-refractivity contribution < 1.29 is 9.59 Å². The lowest BCUT2D eigenvalue weighted by atomic mass is 10.1. The maximum Gasteiger partial charge on any atom is 0.248 e. The first-order valence-corrected chi connectivity index (χ1v) is 7.42. The minimum atomic E-state index is -0.425. The summed E-state index contributed by atoms with van der Waals surface area (Å²) in [5.41, 5.74) is 6.75. The van der Waals surface area contributed by atoms with Gasteiger partial charge in [-0.3, -0.25) is 9.59 Å². The number of rotatable bonds is 6. The van der Waals surface area contributed by atoms with Gasteiger partial charge in [-0.25, -0.2) is 0 Å². The largest absolute Gasteiger partial charge is 0.366 e. The Labute approximate surface area is 117 Å². The summed E-state index contributed by atoms with van der Waals surface area (Å²) in [6.45, 7) is 1.90. The number of nitrogens with two attached hydrogens (primary N) is 1. The van der Waals surface area contributed by atoms with Crippen molar-refractivity contribution >= 4 is 23.6 Å². The minimum absolute atomic E-state index is 0.0853. The predicted molar refractivity (Wildman–Crippen MR) is 76.9 cm³/mol. The van der Waals surface area contributed by atoms with Crippen LogP contribution in [0.5, 0.6) is 0 Å². The van der Waals surface area contributed by atoms with Crippen molar-refractivity contribution in [1.29, 1.82) is 0 Å². The Bertz CT molecular complexity index is 486. The molecular formula is C14H18N2O2S. The summed E-state index contributed by atoms with van der Waals surface area (Å²) in [6, 6.07) is 7.62. The van der Waals surface area contributed by atoms with E-state index in [1.807, 2.05) is 19.1 Å². The summed E-state index contributed by atoms with van der Waals surface area (Å²) in [5.74, 6) is 0.366. The maximum absolute atomic E-state index is 11.8. The molecule has 1 fully saturated rings. The Morgan fingerprint density at radius 3 is 2.84 bits per heavy atom. The molecule has 2 rings (SSSR count). The number of benzene rings is 1. The third-order valence-electron chi connectivity index (χ3n) is 3.00. The first kappa shape index (κ1) is 13.9. The van der Waals surface area contributed by atoms with Crippen LogP contribution in [0.15, 0.2) is 24.3 Å². The van der Waals surface area contributed by atoms with E-state index in [0.717, 1.165) is 18.4 Å². The zero-order chi connectivity index (χ0) is 13.8. The second kappa shape index (κ2) is 6.10. The van der Waals surface area contributed by atoms with Crippen LogP contribution in [0.2, 0.25) is 0 Å². The lowest BCUT2D eigenvalue weighted by Crippen LogP contribution is -2.32. The van der Waals surface area contributed by atoms with E-state index in [4.69, 9.17) is 5.73 Å². The van der Waals surface area contributed by atoms with Gasteiger partial charge in [0.05, 0.1) is 5.25 Å². The van der Waals surface area contributed by atoms with Crippen molar-refractivity contribution in [3.05, 3.63) is 35.4 Å². The number of carbonyl (C=O) groups excluding carboxylic acids is 2. The highest BCUT2D eigenvalue weighted by Crippen LogP contribution is 2.22. The summed E-state index contributed by atoms with van der Waals surface area (Å²) < 4.78 is 0. The number of hydrogen-bond acceptors (Lipinski definition) is 3. The van der Waals surface area contributed by atoms with Crippen LogP contribution in [0.1, 0.15) is 35.7 Å². The molecule has 0 aromatic heterocycles.